The number of nitrogens with zero attached hydrogens (tertiary/aromatic N) is 1. The van der Waals surface area contributed by atoms with E-state index in [-0.39, 0.29) is 18.5 Å². The van der Waals surface area contributed by atoms with Gasteiger partial charge in [0.25, 0.3) is 0 Å². The van der Waals surface area contributed by atoms with Crippen molar-refractivity contribution in [2.45, 2.75) is 53.1 Å². The van der Waals surface area contributed by atoms with Gasteiger partial charge in [-0.05, 0) is 56.9 Å². The largest absolute Gasteiger partial charge is 0.490 e. The summed E-state index contributed by atoms with van der Waals surface area (Å²) in [5.74, 6) is 1.21. The molecule has 0 saturated carbocycles. The van der Waals surface area contributed by atoms with Crippen LogP contribution >= 0.6 is 0 Å². The lowest BCUT2D eigenvalue weighted by molar-refractivity contribution is -0.121. The van der Waals surface area contributed by atoms with Crippen LogP contribution in [0, 0.1) is 0 Å². The van der Waals surface area contributed by atoms with Gasteiger partial charge in [-0.15, -0.1) is 0 Å². The minimum Gasteiger partial charge on any atom is -0.490 e. The molecule has 0 saturated heterocycles. The summed E-state index contributed by atoms with van der Waals surface area (Å²) >= 11 is 0. The topological polar surface area (TPSA) is 79.9 Å². The molecule has 1 aromatic rings. The highest BCUT2D eigenvalue weighted by Gasteiger charge is 2.22. The van der Waals surface area contributed by atoms with Crippen molar-refractivity contribution < 1.29 is 19.1 Å². The van der Waals surface area contributed by atoms with Crippen molar-refractivity contribution in [2.24, 2.45) is 0 Å². The Morgan fingerprint density at radius 3 is 2.33 bits per heavy atom. The quantitative estimate of drug-likeness (QED) is 0.727. The van der Waals surface area contributed by atoms with Crippen molar-refractivity contribution in [3.8, 4) is 11.5 Å². The first kappa shape index (κ1) is 21.0. The number of carbonyl (C=O) groups excluding carboxylic acids is 2. The van der Waals surface area contributed by atoms with Crippen molar-refractivity contribution in [2.75, 3.05) is 26.3 Å². The van der Waals surface area contributed by atoms with E-state index < -0.39 is 6.03 Å². The Morgan fingerprint density at radius 1 is 1.11 bits per heavy atom. The van der Waals surface area contributed by atoms with Crippen LogP contribution in [0.25, 0.3) is 0 Å². The number of carbonyl (C=O) groups is 2. The standard InChI is InChI=1S/C20H31N3O4/c1-5-14(4)21-20(25)22-19(24)13-23-9-8-15-10-17(26-6-2)18(27-7-3)11-16(15)12-23/h10-11,14H,5-9,12-13H2,1-4H3,(H2,21,22,24,25)/t14-/m1/s1. The zero-order valence-electron chi connectivity index (χ0n) is 16.8. The van der Waals surface area contributed by atoms with Crippen LogP contribution in [0.5, 0.6) is 11.5 Å². The lowest BCUT2D eigenvalue weighted by atomic mass is 9.99. The summed E-state index contributed by atoms with van der Waals surface area (Å²) in [7, 11) is 0. The average Bonchev–Trinajstić information content (AvgIpc) is 2.62. The highest BCUT2D eigenvalue weighted by molar-refractivity contribution is 5.95. The molecule has 0 radical (unpaired) electrons. The van der Waals surface area contributed by atoms with E-state index in [0.29, 0.717) is 19.8 Å². The second-order valence-corrected chi connectivity index (χ2v) is 6.73. The molecule has 0 bridgehead atoms. The van der Waals surface area contributed by atoms with Crippen molar-refractivity contribution in [1.82, 2.24) is 15.5 Å². The third-order valence-electron chi connectivity index (χ3n) is 4.57. The molecule has 1 atom stereocenters. The summed E-state index contributed by atoms with van der Waals surface area (Å²) in [6.07, 6.45) is 1.64. The molecule has 2 N–H and O–H groups in total. The van der Waals surface area contributed by atoms with Gasteiger partial charge in [0.2, 0.25) is 5.91 Å². The van der Waals surface area contributed by atoms with Crippen LogP contribution < -0.4 is 20.1 Å². The minimum absolute atomic E-state index is 0.0381. The maximum absolute atomic E-state index is 12.2. The van der Waals surface area contributed by atoms with E-state index >= 15 is 0 Å². The normalized spacial score (nSPS) is 14.8. The molecule has 150 valence electrons. The molecular weight excluding hydrogens is 346 g/mol. The highest BCUT2D eigenvalue weighted by atomic mass is 16.5. The predicted octanol–water partition coefficient (Wildman–Crippen LogP) is 2.47. The number of nitrogens with one attached hydrogen (secondary N) is 2. The smallest absolute Gasteiger partial charge is 0.321 e. The fourth-order valence-electron chi connectivity index (χ4n) is 3.03. The summed E-state index contributed by atoms with van der Waals surface area (Å²) in [4.78, 5) is 26.0. The van der Waals surface area contributed by atoms with Gasteiger partial charge in [-0.2, -0.15) is 0 Å². The number of fused-ring (bicyclic) bond motifs is 1. The molecule has 7 nitrogen and oxygen atoms in total. The molecule has 2 rings (SSSR count). The molecule has 0 unspecified atom stereocenters. The van der Waals surface area contributed by atoms with E-state index in [1.807, 2.05) is 44.7 Å². The molecular formula is C20H31N3O4. The summed E-state index contributed by atoms with van der Waals surface area (Å²) in [5, 5.41) is 5.13. The number of hydrogen-bond donors (Lipinski definition) is 2. The van der Waals surface area contributed by atoms with E-state index in [1.54, 1.807) is 0 Å². The van der Waals surface area contributed by atoms with E-state index in [9.17, 15) is 9.59 Å². The Bertz CT molecular complexity index is 663. The predicted molar refractivity (Wildman–Crippen MR) is 104 cm³/mol. The van der Waals surface area contributed by atoms with Crippen LogP contribution in [-0.4, -0.2) is 49.2 Å². The Labute approximate surface area is 161 Å². The molecule has 1 aromatic carbocycles. The molecule has 0 aromatic heterocycles. The van der Waals surface area contributed by atoms with Crippen molar-refractivity contribution in [3.05, 3.63) is 23.3 Å². The van der Waals surface area contributed by atoms with Crippen LogP contribution in [0.3, 0.4) is 0 Å². The number of amides is 3. The molecule has 3 amide bonds. The van der Waals surface area contributed by atoms with Gasteiger partial charge in [0, 0.05) is 19.1 Å². The van der Waals surface area contributed by atoms with E-state index in [0.717, 1.165) is 36.4 Å². The fourth-order valence-corrected chi connectivity index (χ4v) is 3.03. The molecule has 27 heavy (non-hydrogen) atoms. The Balaban J connectivity index is 1.97. The molecule has 0 fully saturated rings. The van der Waals surface area contributed by atoms with Gasteiger partial charge in [0.05, 0.1) is 19.8 Å². The van der Waals surface area contributed by atoms with E-state index in [4.69, 9.17) is 9.47 Å². The summed E-state index contributed by atoms with van der Waals surface area (Å²) in [6.45, 7) is 10.5. The zero-order chi connectivity index (χ0) is 19.8. The summed E-state index contributed by atoms with van der Waals surface area (Å²) in [6, 6.07) is 3.65. The number of hydrogen-bond acceptors (Lipinski definition) is 5. The number of imide groups is 1. The number of benzene rings is 1. The lowest BCUT2D eigenvalue weighted by Crippen LogP contribution is -2.47. The highest BCUT2D eigenvalue weighted by Crippen LogP contribution is 2.33. The first-order chi connectivity index (χ1) is 13.0. The summed E-state index contributed by atoms with van der Waals surface area (Å²) < 4.78 is 11.4. The second kappa shape index (κ2) is 10.2. The van der Waals surface area contributed by atoms with Crippen molar-refractivity contribution in [1.29, 1.82) is 0 Å². The van der Waals surface area contributed by atoms with Crippen LogP contribution in [0.15, 0.2) is 12.1 Å². The third kappa shape index (κ3) is 6.13. The van der Waals surface area contributed by atoms with Gasteiger partial charge >= 0.3 is 6.03 Å². The Morgan fingerprint density at radius 2 is 1.74 bits per heavy atom. The lowest BCUT2D eigenvalue weighted by Gasteiger charge is -2.29. The van der Waals surface area contributed by atoms with E-state index in [2.05, 4.69) is 10.6 Å². The Hall–Kier alpha value is -2.28. The second-order valence-electron chi connectivity index (χ2n) is 6.73. The zero-order valence-corrected chi connectivity index (χ0v) is 16.8. The number of rotatable bonds is 8. The van der Waals surface area contributed by atoms with Crippen LogP contribution in [0.4, 0.5) is 4.79 Å². The molecule has 0 aliphatic carbocycles. The first-order valence-corrected chi connectivity index (χ1v) is 9.70. The molecule has 0 spiro atoms. The van der Waals surface area contributed by atoms with Crippen LogP contribution in [0.2, 0.25) is 0 Å². The Kier molecular flexibility index (Phi) is 7.91. The van der Waals surface area contributed by atoms with E-state index in [1.165, 1.54) is 5.56 Å². The third-order valence-corrected chi connectivity index (χ3v) is 4.57. The van der Waals surface area contributed by atoms with Gasteiger partial charge in [-0.3, -0.25) is 15.0 Å². The van der Waals surface area contributed by atoms with Crippen molar-refractivity contribution in [3.63, 3.8) is 0 Å². The SMILES string of the molecule is CCOc1cc2c(cc1OCC)CN(CC(=O)NC(=O)N[C@H](C)CC)CC2. The summed E-state index contributed by atoms with van der Waals surface area (Å²) in [5.41, 5.74) is 2.35. The average molecular weight is 377 g/mol. The molecule has 7 heteroatoms. The minimum atomic E-state index is -0.438. The monoisotopic (exact) mass is 377 g/mol. The van der Waals surface area contributed by atoms with Gasteiger partial charge < -0.3 is 14.8 Å². The van der Waals surface area contributed by atoms with Gasteiger partial charge in [0.1, 0.15) is 0 Å². The van der Waals surface area contributed by atoms with Crippen LogP contribution in [0.1, 0.15) is 45.2 Å². The van der Waals surface area contributed by atoms with Crippen LogP contribution in [-0.2, 0) is 17.8 Å². The maximum Gasteiger partial charge on any atom is 0.321 e. The molecule has 1 aliphatic heterocycles. The first-order valence-electron chi connectivity index (χ1n) is 9.70. The molecule has 1 heterocycles. The van der Waals surface area contributed by atoms with Gasteiger partial charge in [-0.1, -0.05) is 6.92 Å². The van der Waals surface area contributed by atoms with Gasteiger partial charge in [0.15, 0.2) is 11.5 Å². The van der Waals surface area contributed by atoms with Crippen molar-refractivity contribution >= 4 is 11.9 Å². The number of urea groups is 1. The molecule has 1 aliphatic rings. The fraction of sp³-hybridized carbons (Fsp3) is 0.600. The van der Waals surface area contributed by atoms with Gasteiger partial charge in [-0.25, -0.2) is 4.79 Å². The maximum atomic E-state index is 12.2. The number of ether oxygens (including phenoxy) is 2.